The van der Waals surface area contributed by atoms with Gasteiger partial charge in [-0.15, -0.1) is 10.2 Å². The molecular formula is C22H22F2N6O2. The van der Waals surface area contributed by atoms with Gasteiger partial charge in [-0.25, -0.2) is 4.79 Å². The van der Waals surface area contributed by atoms with Gasteiger partial charge in [-0.05, 0) is 56.1 Å². The molecule has 1 saturated heterocycles. The van der Waals surface area contributed by atoms with E-state index in [1.807, 2.05) is 28.8 Å². The highest BCUT2D eigenvalue weighted by atomic mass is 19.3. The fourth-order valence-electron chi connectivity index (χ4n) is 4.17. The number of rotatable bonds is 6. The third-order valence-corrected chi connectivity index (χ3v) is 5.84. The number of piperidine rings is 1. The van der Waals surface area contributed by atoms with Crippen molar-refractivity contribution in [3.63, 3.8) is 0 Å². The molecule has 0 bridgehead atoms. The molecule has 0 saturated carbocycles. The first-order valence-electron chi connectivity index (χ1n) is 10.6. The Labute approximate surface area is 181 Å². The van der Waals surface area contributed by atoms with Gasteiger partial charge in [0.25, 0.3) is 5.89 Å². The van der Waals surface area contributed by atoms with E-state index in [0.29, 0.717) is 30.3 Å². The van der Waals surface area contributed by atoms with E-state index in [2.05, 4.69) is 20.5 Å². The first-order chi connectivity index (χ1) is 15.6. The second kappa shape index (κ2) is 8.62. The van der Waals surface area contributed by atoms with Crippen molar-refractivity contribution in [1.82, 2.24) is 29.6 Å². The number of aromatic nitrogens is 5. The fourth-order valence-corrected chi connectivity index (χ4v) is 4.17. The number of pyridine rings is 1. The number of benzene rings is 1. The molecule has 32 heavy (non-hydrogen) atoms. The predicted octanol–water partition coefficient (Wildman–Crippen LogP) is 3.23. The number of halogens is 2. The Balaban J connectivity index is 1.42. The summed E-state index contributed by atoms with van der Waals surface area (Å²) in [5.41, 5.74) is 2.81. The topological polar surface area (TPSA) is 90.8 Å². The van der Waals surface area contributed by atoms with Crippen LogP contribution in [0.4, 0.5) is 8.78 Å². The van der Waals surface area contributed by atoms with Crippen LogP contribution in [0.15, 0.2) is 51.8 Å². The molecule has 0 spiro atoms. The average Bonchev–Trinajstić information content (AvgIpc) is 3.41. The zero-order chi connectivity index (χ0) is 22.1. The SMILES string of the molecule is O=c1n(Cc2ccc(-c3nnc(C(F)F)o3)cn2)c2ccccc2n1CC1CCNCC1. The number of imidazole rings is 1. The Morgan fingerprint density at radius 1 is 1.06 bits per heavy atom. The molecular weight excluding hydrogens is 418 g/mol. The molecule has 166 valence electrons. The van der Waals surface area contributed by atoms with Gasteiger partial charge in [-0.1, -0.05) is 12.1 Å². The van der Waals surface area contributed by atoms with E-state index < -0.39 is 12.3 Å². The summed E-state index contributed by atoms with van der Waals surface area (Å²) in [7, 11) is 0. The van der Waals surface area contributed by atoms with Crippen LogP contribution in [0, 0.1) is 5.92 Å². The van der Waals surface area contributed by atoms with Crippen LogP contribution in [-0.2, 0) is 13.1 Å². The number of alkyl halides is 2. The molecule has 0 unspecified atom stereocenters. The van der Waals surface area contributed by atoms with Crippen molar-refractivity contribution in [2.24, 2.45) is 5.92 Å². The Morgan fingerprint density at radius 2 is 1.81 bits per heavy atom. The minimum absolute atomic E-state index is 0.0184. The molecule has 1 aliphatic heterocycles. The first-order valence-corrected chi connectivity index (χ1v) is 10.6. The smallest absolute Gasteiger partial charge is 0.329 e. The molecule has 3 aromatic heterocycles. The molecule has 0 atom stereocenters. The van der Waals surface area contributed by atoms with Gasteiger partial charge in [0.2, 0.25) is 5.89 Å². The summed E-state index contributed by atoms with van der Waals surface area (Å²) in [6.45, 7) is 2.95. The van der Waals surface area contributed by atoms with E-state index in [0.717, 1.165) is 37.0 Å². The van der Waals surface area contributed by atoms with Crippen LogP contribution in [0.2, 0.25) is 0 Å². The summed E-state index contributed by atoms with van der Waals surface area (Å²) >= 11 is 0. The standard InChI is InChI=1S/C22H22F2N6O2/c23-19(24)21-28-27-20(32-21)15-5-6-16(26-11-15)13-30-18-4-2-1-3-17(18)29(22(30)31)12-14-7-9-25-10-8-14/h1-6,11,14,19,25H,7-10,12-13H2. The average molecular weight is 440 g/mol. The third kappa shape index (κ3) is 3.93. The van der Waals surface area contributed by atoms with Crippen molar-refractivity contribution in [3.8, 4) is 11.5 Å². The summed E-state index contributed by atoms with van der Waals surface area (Å²) in [4.78, 5) is 17.7. The number of para-hydroxylation sites is 2. The van der Waals surface area contributed by atoms with Gasteiger partial charge in [0.05, 0.1) is 28.8 Å². The molecule has 1 aromatic carbocycles. The van der Waals surface area contributed by atoms with Crippen LogP contribution >= 0.6 is 0 Å². The lowest BCUT2D eigenvalue weighted by atomic mass is 9.98. The van der Waals surface area contributed by atoms with Crippen molar-refractivity contribution in [1.29, 1.82) is 0 Å². The first kappa shape index (κ1) is 20.5. The van der Waals surface area contributed by atoms with E-state index in [1.165, 1.54) is 6.20 Å². The molecule has 4 heterocycles. The van der Waals surface area contributed by atoms with Gasteiger partial charge < -0.3 is 9.73 Å². The minimum Gasteiger partial charge on any atom is -0.415 e. The fraction of sp³-hybridized carbons (Fsp3) is 0.364. The molecule has 5 rings (SSSR count). The second-order valence-corrected chi connectivity index (χ2v) is 7.95. The molecule has 1 fully saturated rings. The van der Waals surface area contributed by atoms with Gasteiger partial charge in [0, 0.05) is 12.7 Å². The van der Waals surface area contributed by atoms with Gasteiger partial charge in [0.15, 0.2) is 0 Å². The zero-order valence-corrected chi connectivity index (χ0v) is 17.2. The van der Waals surface area contributed by atoms with Crippen molar-refractivity contribution < 1.29 is 13.2 Å². The normalized spacial score (nSPS) is 15.1. The lowest BCUT2D eigenvalue weighted by molar-refractivity contribution is 0.116. The van der Waals surface area contributed by atoms with Crippen molar-refractivity contribution in [3.05, 3.63) is 64.7 Å². The van der Waals surface area contributed by atoms with Crippen LogP contribution in [0.1, 0.15) is 30.9 Å². The van der Waals surface area contributed by atoms with Gasteiger partial charge in [0.1, 0.15) is 0 Å². The monoisotopic (exact) mass is 440 g/mol. The molecule has 0 radical (unpaired) electrons. The number of fused-ring (bicyclic) bond motifs is 1. The Bertz CT molecular complexity index is 1270. The number of nitrogens with one attached hydrogen (secondary N) is 1. The summed E-state index contributed by atoms with van der Waals surface area (Å²) in [6, 6.07) is 11.2. The van der Waals surface area contributed by atoms with E-state index in [9.17, 15) is 13.6 Å². The van der Waals surface area contributed by atoms with E-state index in [-0.39, 0.29) is 11.6 Å². The number of hydrogen-bond acceptors (Lipinski definition) is 6. The van der Waals surface area contributed by atoms with Gasteiger partial charge in [-0.2, -0.15) is 8.78 Å². The van der Waals surface area contributed by atoms with Crippen LogP contribution in [0.5, 0.6) is 0 Å². The summed E-state index contributed by atoms with van der Waals surface area (Å²) < 4.78 is 33.9. The highest BCUT2D eigenvalue weighted by Gasteiger charge is 2.20. The van der Waals surface area contributed by atoms with Crippen LogP contribution in [0.25, 0.3) is 22.5 Å². The van der Waals surface area contributed by atoms with Gasteiger partial charge >= 0.3 is 12.1 Å². The molecule has 8 nitrogen and oxygen atoms in total. The minimum atomic E-state index is -2.82. The Kier molecular flexibility index (Phi) is 5.52. The highest BCUT2D eigenvalue weighted by molar-refractivity contribution is 5.76. The zero-order valence-electron chi connectivity index (χ0n) is 17.2. The largest absolute Gasteiger partial charge is 0.415 e. The summed E-state index contributed by atoms with van der Waals surface area (Å²) in [6.07, 6.45) is 0.769. The number of nitrogens with zero attached hydrogens (tertiary/aromatic N) is 5. The number of hydrogen-bond donors (Lipinski definition) is 1. The summed E-state index contributed by atoms with van der Waals surface area (Å²) in [5.74, 6) is -0.273. The lowest BCUT2D eigenvalue weighted by Gasteiger charge is -2.22. The van der Waals surface area contributed by atoms with Gasteiger partial charge in [-0.3, -0.25) is 14.1 Å². The highest BCUT2D eigenvalue weighted by Crippen LogP contribution is 2.23. The van der Waals surface area contributed by atoms with E-state index in [1.54, 1.807) is 16.7 Å². The van der Waals surface area contributed by atoms with Crippen LogP contribution in [0.3, 0.4) is 0 Å². The predicted molar refractivity (Wildman–Crippen MR) is 113 cm³/mol. The van der Waals surface area contributed by atoms with Crippen LogP contribution in [-0.4, -0.2) is 37.4 Å². The molecule has 1 N–H and O–H groups in total. The molecule has 1 aliphatic rings. The quantitative estimate of drug-likeness (QED) is 0.495. The second-order valence-electron chi connectivity index (χ2n) is 7.95. The molecule has 0 aliphatic carbocycles. The molecule has 0 amide bonds. The maximum Gasteiger partial charge on any atom is 0.329 e. The van der Waals surface area contributed by atoms with Crippen molar-refractivity contribution >= 4 is 11.0 Å². The molecule has 10 heteroatoms. The summed E-state index contributed by atoms with van der Waals surface area (Å²) in [5, 5.41) is 10.3. The maximum atomic E-state index is 13.3. The van der Waals surface area contributed by atoms with Crippen molar-refractivity contribution in [2.45, 2.75) is 32.4 Å². The lowest BCUT2D eigenvalue weighted by Crippen LogP contribution is -2.33. The Hall–Kier alpha value is -3.40. The van der Waals surface area contributed by atoms with E-state index in [4.69, 9.17) is 4.42 Å². The molecule has 4 aromatic rings. The maximum absolute atomic E-state index is 13.3. The third-order valence-electron chi connectivity index (χ3n) is 5.84. The Morgan fingerprint density at radius 3 is 2.47 bits per heavy atom. The van der Waals surface area contributed by atoms with Crippen LogP contribution < -0.4 is 11.0 Å². The van der Waals surface area contributed by atoms with E-state index >= 15 is 0 Å². The van der Waals surface area contributed by atoms with Crippen molar-refractivity contribution in [2.75, 3.05) is 13.1 Å².